The Kier molecular flexibility index (Phi) is 4.10. The average molecular weight is 464 g/mol. The Morgan fingerprint density at radius 1 is 1.13 bits per heavy atom. The first-order chi connectivity index (χ1) is 10.5. The van der Waals surface area contributed by atoms with Crippen molar-refractivity contribution < 1.29 is 30.2 Å². The zero-order valence-corrected chi connectivity index (χ0v) is 14.8. The van der Waals surface area contributed by atoms with Gasteiger partial charge in [-0.05, 0) is 59.3 Å². The summed E-state index contributed by atoms with van der Waals surface area (Å²) in [7, 11) is -5.81. The second-order valence-corrected chi connectivity index (χ2v) is 8.79. The van der Waals surface area contributed by atoms with Crippen molar-refractivity contribution in [3.8, 4) is 5.75 Å². The molecular weight excluding hydrogens is 451 g/mol. The molecule has 128 valence electrons. The van der Waals surface area contributed by atoms with Gasteiger partial charge in [0, 0.05) is 11.6 Å². The van der Waals surface area contributed by atoms with Crippen LogP contribution in [0.1, 0.15) is 36.8 Å². The van der Waals surface area contributed by atoms with Crippen molar-refractivity contribution in [2.45, 2.75) is 44.0 Å². The van der Waals surface area contributed by atoms with Gasteiger partial charge in [-0.2, -0.15) is 21.6 Å². The normalized spacial score (nSPS) is 20.0. The van der Waals surface area contributed by atoms with Crippen molar-refractivity contribution in [3.63, 3.8) is 0 Å². The average Bonchev–Trinajstić information content (AvgIpc) is 3.02. The molecule has 0 amide bonds. The molecule has 9 heteroatoms. The summed E-state index contributed by atoms with van der Waals surface area (Å²) in [5.41, 5.74) is -4.66. The van der Waals surface area contributed by atoms with Gasteiger partial charge in [0.2, 0.25) is 0 Å². The highest BCUT2D eigenvalue weighted by Gasteiger charge is 2.50. The van der Waals surface area contributed by atoms with E-state index < -0.39 is 27.2 Å². The number of alkyl halides is 3. The van der Waals surface area contributed by atoms with Gasteiger partial charge in [0.05, 0.1) is 3.57 Å². The molecule has 2 aliphatic rings. The van der Waals surface area contributed by atoms with Crippen molar-refractivity contribution in [1.82, 2.24) is 0 Å². The summed E-state index contributed by atoms with van der Waals surface area (Å²) in [6.45, 7) is 0. The molecule has 1 aromatic rings. The second-order valence-electron chi connectivity index (χ2n) is 6.17. The molecular formula is C14H13F4IO3S. The summed E-state index contributed by atoms with van der Waals surface area (Å²) in [5.74, 6) is -1.29. The van der Waals surface area contributed by atoms with Crippen LogP contribution < -0.4 is 4.18 Å². The van der Waals surface area contributed by atoms with Crippen LogP contribution in [-0.2, 0) is 23.0 Å². The lowest BCUT2D eigenvalue weighted by Gasteiger charge is -2.21. The third kappa shape index (κ3) is 2.94. The summed E-state index contributed by atoms with van der Waals surface area (Å²) < 4.78 is 78.7. The molecule has 1 fully saturated rings. The lowest BCUT2D eigenvalue weighted by molar-refractivity contribution is -0.0500. The van der Waals surface area contributed by atoms with E-state index in [2.05, 4.69) is 4.18 Å². The van der Waals surface area contributed by atoms with Crippen LogP contribution in [0.2, 0.25) is 0 Å². The van der Waals surface area contributed by atoms with Crippen LogP contribution in [0.5, 0.6) is 5.75 Å². The lowest BCUT2D eigenvalue weighted by atomic mass is 9.83. The summed E-state index contributed by atoms with van der Waals surface area (Å²) in [6, 6.07) is 0.748. The summed E-state index contributed by atoms with van der Waals surface area (Å²) >= 11 is 1.81. The van der Waals surface area contributed by atoms with E-state index in [4.69, 9.17) is 0 Å². The third-order valence-corrected chi connectivity index (χ3v) is 6.78. The Morgan fingerprint density at radius 3 is 2.26 bits per heavy atom. The maximum absolute atomic E-state index is 14.0. The van der Waals surface area contributed by atoms with Crippen molar-refractivity contribution in [2.24, 2.45) is 5.41 Å². The number of halogens is 5. The topological polar surface area (TPSA) is 43.4 Å². The fraction of sp³-hybridized carbons (Fsp3) is 0.571. The van der Waals surface area contributed by atoms with Crippen LogP contribution >= 0.6 is 22.6 Å². The third-order valence-electron chi connectivity index (χ3n) is 4.64. The molecule has 0 saturated heterocycles. The minimum atomic E-state index is -5.81. The highest BCUT2D eigenvalue weighted by atomic mass is 127. The molecule has 0 aliphatic heterocycles. The Bertz CT molecular complexity index is 752. The van der Waals surface area contributed by atoms with Gasteiger partial charge in [-0.1, -0.05) is 12.8 Å². The van der Waals surface area contributed by atoms with Gasteiger partial charge in [0.15, 0.2) is 0 Å². The van der Waals surface area contributed by atoms with Gasteiger partial charge in [-0.25, -0.2) is 4.39 Å². The molecule has 23 heavy (non-hydrogen) atoms. The first-order valence-corrected chi connectivity index (χ1v) is 9.54. The highest BCUT2D eigenvalue weighted by molar-refractivity contribution is 14.1. The van der Waals surface area contributed by atoms with Crippen LogP contribution in [0, 0.1) is 14.8 Å². The maximum atomic E-state index is 14.0. The molecule has 0 unspecified atom stereocenters. The summed E-state index contributed by atoms with van der Waals surface area (Å²) in [6.07, 6.45) is 4.84. The highest BCUT2D eigenvalue weighted by Crippen LogP contribution is 2.52. The van der Waals surface area contributed by atoms with E-state index in [1.165, 1.54) is 0 Å². The summed E-state index contributed by atoms with van der Waals surface area (Å²) in [4.78, 5) is 0. The van der Waals surface area contributed by atoms with E-state index in [-0.39, 0.29) is 5.41 Å². The summed E-state index contributed by atoms with van der Waals surface area (Å²) in [5, 5.41) is 0. The molecule has 2 aliphatic carbocycles. The van der Waals surface area contributed by atoms with Gasteiger partial charge in [-0.15, -0.1) is 0 Å². The Balaban J connectivity index is 2.05. The van der Waals surface area contributed by atoms with E-state index in [0.717, 1.165) is 31.7 Å². The van der Waals surface area contributed by atoms with E-state index in [1.54, 1.807) is 0 Å². The minimum absolute atomic E-state index is 0.101. The predicted molar refractivity (Wildman–Crippen MR) is 83.0 cm³/mol. The van der Waals surface area contributed by atoms with Gasteiger partial charge in [0.25, 0.3) is 0 Å². The fourth-order valence-electron chi connectivity index (χ4n) is 3.60. The van der Waals surface area contributed by atoms with Gasteiger partial charge in [0.1, 0.15) is 11.6 Å². The Labute approximate surface area is 144 Å². The van der Waals surface area contributed by atoms with Crippen molar-refractivity contribution in [2.75, 3.05) is 0 Å². The zero-order valence-electron chi connectivity index (χ0n) is 11.8. The van der Waals surface area contributed by atoms with Crippen LogP contribution in [0.25, 0.3) is 0 Å². The lowest BCUT2D eigenvalue weighted by Crippen LogP contribution is -2.28. The van der Waals surface area contributed by atoms with Gasteiger partial charge >= 0.3 is 15.6 Å². The molecule has 0 bridgehead atoms. The maximum Gasteiger partial charge on any atom is 0.534 e. The fourth-order valence-corrected chi connectivity index (χ4v) is 4.75. The first-order valence-electron chi connectivity index (χ1n) is 7.05. The standard InChI is InChI=1S/C14H13F4IO3S/c15-10-5-11(22-23(20,21)14(16,17)18)8-6-13(3-1-2-4-13)7-9(8)12(10)19/h5H,1-4,6-7H2. The molecule has 0 N–H and O–H groups in total. The van der Waals surface area contributed by atoms with Crippen LogP contribution in [0.4, 0.5) is 17.6 Å². The number of rotatable bonds is 2. The second kappa shape index (κ2) is 5.47. The quantitative estimate of drug-likeness (QED) is 0.284. The smallest absolute Gasteiger partial charge is 0.376 e. The van der Waals surface area contributed by atoms with Crippen molar-refractivity contribution in [3.05, 3.63) is 26.6 Å². The molecule has 0 aromatic heterocycles. The molecule has 0 heterocycles. The molecule has 1 aromatic carbocycles. The molecule has 0 atom stereocenters. The number of hydrogen-bond donors (Lipinski definition) is 0. The predicted octanol–water partition coefficient (Wildman–Crippen LogP) is 4.32. The number of hydrogen-bond acceptors (Lipinski definition) is 3. The largest absolute Gasteiger partial charge is 0.534 e. The molecule has 1 spiro atoms. The Morgan fingerprint density at radius 2 is 1.70 bits per heavy atom. The van der Waals surface area contributed by atoms with E-state index in [9.17, 15) is 26.0 Å². The monoisotopic (exact) mass is 464 g/mol. The van der Waals surface area contributed by atoms with E-state index in [0.29, 0.717) is 27.5 Å². The van der Waals surface area contributed by atoms with Crippen LogP contribution in [0.3, 0.4) is 0 Å². The van der Waals surface area contributed by atoms with Crippen LogP contribution in [-0.4, -0.2) is 13.9 Å². The number of fused-ring (bicyclic) bond motifs is 1. The minimum Gasteiger partial charge on any atom is -0.376 e. The zero-order chi connectivity index (χ0) is 17.0. The van der Waals surface area contributed by atoms with Crippen molar-refractivity contribution >= 4 is 32.7 Å². The first kappa shape index (κ1) is 17.2. The van der Waals surface area contributed by atoms with Gasteiger partial charge in [-0.3, -0.25) is 0 Å². The van der Waals surface area contributed by atoms with E-state index >= 15 is 0 Å². The SMILES string of the molecule is O=S(=O)(Oc1cc(F)c(I)c2c1CC1(CCCC1)C2)C(F)(F)F. The Hall–Kier alpha value is -0.580. The van der Waals surface area contributed by atoms with Gasteiger partial charge < -0.3 is 4.18 Å². The molecule has 3 rings (SSSR count). The van der Waals surface area contributed by atoms with E-state index in [1.807, 2.05) is 22.6 Å². The molecule has 0 radical (unpaired) electrons. The molecule has 1 saturated carbocycles. The van der Waals surface area contributed by atoms with Crippen LogP contribution in [0.15, 0.2) is 6.07 Å². The van der Waals surface area contributed by atoms with Crippen molar-refractivity contribution in [1.29, 1.82) is 0 Å². The molecule has 3 nitrogen and oxygen atoms in total. The number of benzene rings is 1.